The molecule has 4 heteroatoms. The van der Waals surface area contributed by atoms with E-state index >= 15 is 0 Å². The number of hydrogen-bond acceptors (Lipinski definition) is 2. The van der Waals surface area contributed by atoms with Gasteiger partial charge in [-0.15, -0.1) is 0 Å². The van der Waals surface area contributed by atoms with Crippen molar-refractivity contribution in [2.45, 2.75) is 18.6 Å². The van der Waals surface area contributed by atoms with E-state index in [1.807, 2.05) is 0 Å². The van der Waals surface area contributed by atoms with E-state index < -0.39 is 23.8 Å². The van der Waals surface area contributed by atoms with Crippen LogP contribution in [0.1, 0.15) is 17.2 Å². The topological polar surface area (TPSA) is 46.2 Å². The van der Waals surface area contributed by atoms with Crippen LogP contribution in [0.3, 0.4) is 0 Å². The van der Waals surface area contributed by atoms with Crippen LogP contribution in [0.25, 0.3) is 0 Å². The predicted molar refractivity (Wildman–Crippen MR) is 43.0 cm³/mol. The summed E-state index contributed by atoms with van der Waals surface area (Å²) < 4.78 is 25.9. The van der Waals surface area contributed by atoms with Gasteiger partial charge in [-0.1, -0.05) is 0 Å². The average molecular weight is 185 g/mol. The number of aliphatic hydroxyl groups is 1. The first-order valence-electron chi connectivity index (χ1n) is 4.01. The average Bonchev–Trinajstić information content (AvgIpc) is 2.27. The molecule has 0 unspecified atom stereocenters. The van der Waals surface area contributed by atoms with Gasteiger partial charge < -0.3 is 10.8 Å². The molecule has 0 spiro atoms. The summed E-state index contributed by atoms with van der Waals surface area (Å²) in [4.78, 5) is 0. The molecule has 70 valence electrons. The highest BCUT2D eigenvalue weighted by molar-refractivity contribution is 5.37. The van der Waals surface area contributed by atoms with E-state index in [0.29, 0.717) is 5.56 Å². The Hall–Kier alpha value is -1.00. The Morgan fingerprint density at radius 1 is 1.38 bits per heavy atom. The molecule has 0 bridgehead atoms. The molecule has 0 amide bonds. The van der Waals surface area contributed by atoms with Gasteiger partial charge in [0.25, 0.3) is 0 Å². The summed E-state index contributed by atoms with van der Waals surface area (Å²) in [5.41, 5.74) is 6.24. The molecule has 2 atom stereocenters. The zero-order chi connectivity index (χ0) is 9.59. The molecule has 1 aromatic carbocycles. The van der Waals surface area contributed by atoms with Crippen molar-refractivity contribution in [3.05, 3.63) is 34.9 Å². The molecule has 0 saturated heterocycles. The van der Waals surface area contributed by atoms with Crippen molar-refractivity contribution in [2.75, 3.05) is 0 Å². The lowest BCUT2D eigenvalue weighted by Gasteiger charge is -2.09. The molecule has 1 aliphatic carbocycles. The third-order valence-corrected chi connectivity index (χ3v) is 2.36. The minimum atomic E-state index is -0.800. The zero-order valence-electron chi connectivity index (χ0n) is 6.80. The van der Waals surface area contributed by atoms with Crippen LogP contribution in [0, 0.1) is 11.6 Å². The fraction of sp³-hybridized carbons (Fsp3) is 0.333. The van der Waals surface area contributed by atoms with E-state index in [9.17, 15) is 13.9 Å². The van der Waals surface area contributed by atoms with Crippen molar-refractivity contribution < 1.29 is 13.9 Å². The Bertz CT molecular complexity index is 354. The maximum Gasteiger partial charge on any atom is 0.131 e. The largest absolute Gasteiger partial charge is 0.391 e. The molecule has 0 heterocycles. The fourth-order valence-corrected chi connectivity index (χ4v) is 1.72. The minimum absolute atomic E-state index is 0.227. The summed E-state index contributed by atoms with van der Waals surface area (Å²) in [7, 11) is 0. The third kappa shape index (κ3) is 1.22. The standard InChI is InChI=1S/C9H9F2NO/c10-5-1-4-2-7(13)9(12)8(4)6(11)3-5/h1,3,7,9,13H,2,12H2/t7-,9-/m1/s1. The van der Waals surface area contributed by atoms with Gasteiger partial charge in [0, 0.05) is 18.1 Å². The van der Waals surface area contributed by atoms with Gasteiger partial charge in [0.05, 0.1) is 12.1 Å². The molecule has 1 aliphatic rings. The summed E-state index contributed by atoms with van der Waals surface area (Å²) in [5.74, 6) is -1.29. The summed E-state index contributed by atoms with van der Waals surface area (Å²) >= 11 is 0. The lowest BCUT2D eigenvalue weighted by atomic mass is 10.1. The Kier molecular flexibility index (Phi) is 1.82. The molecule has 2 rings (SSSR count). The monoisotopic (exact) mass is 185 g/mol. The number of aliphatic hydroxyl groups excluding tert-OH is 1. The maximum absolute atomic E-state index is 13.1. The van der Waals surface area contributed by atoms with E-state index in [2.05, 4.69) is 0 Å². The van der Waals surface area contributed by atoms with Crippen molar-refractivity contribution in [2.24, 2.45) is 5.73 Å². The third-order valence-electron chi connectivity index (χ3n) is 2.36. The van der Waals surface area contributed by atoms with Crippen LogP contribution in [0.15, 0.2) is 12.1 Å². The van der Waals surface area contributed by atoms with E-state index in [4.69, 9.17) is 5.73 Å². The lowest BCUT2D eigenvalue weighted by molar-refractivity contribution is 0.157. The lowest BCUT2D eigenvalue weighted by Crippen LogP contribution is -2.21. The Morgan fingerprint density at radius 2 is 2.08 bits per heavy atom. The number of nitrogens with two attached hydrogens (primary N) is 1. The van der Waals surface area contributed by atoms with Crippen LogP contribution in [-0.2, 0) is 6.42 Å². The number of hydrogen-bond donors (Lipinski definition) is 2. The molecule has 13 heavy (non-hydrogen) atoms. The fourth-order valence-electron chi connectivity index (χ4n) is 1.72. The zero-order valence-corrected chi connectivity index (χ0v) is 6.80. The minimum Gasteiger partial charge on any atom is -0.391 e. The molecular formula is C9H9F2NO. The first-order valence-corrected chi connectivity index (χ1v) is 4.01. The number of benzene rings is 1. The first-order chi connectivity index (χ1) is 6.09. The Morgan fingerprint density at radius 3 is 2.77 bits per heavy atom. The highest BCUT2D eigenvalue weighted by atomic mass is 19.1. The van der Waals surface area contributed by atoms with E-state index in [1.165, 1.54) is 6.07 Å². The molecule has 3 N–H and O–H groups in total. The van der Waals surface area contributed by atoms with Gasteiger partial charge in [0.1, 0.15) is 11.6 Å². The number of halogens is 2. The molecular weight excluding hydrogens is 176 g/mol. The van der Waals surface area contributed by atoms with Crippen LogP contribution in [-0.4, -0.2) is 11.2 Å². The molecule has 0 aliphatic heterocycles. The Balaban J connectivity index is 2.57. The van der Waals surface area contributed by atoms with Crippen LogP contribution in [0.4, 0.5) is 8.78 Å². The van der Waals surface area contributed by atoms with Crippen molar-refractivity contribution in [1.82, 2.24) is 0 Å². The summed E-state index contributed by atoms with van der Waals surface area (Å²) in [6.45, 7) is 0. The van der Waals surface area contributed by atoms with Crippen molar-refractivity contribution in [3.8, 4) is 0 Å². The molecule has 0 radical (unpaired) electrons. The van der Waals surface area contributed by atoms with Gasteiger partial charge in [-0.25, -0.2) is 8.78 Å². The van der Waals surface area contributed by atoms with E-state index in [0.717, 1.165) is 6.07 Å². The Labute approximate surface area is 74.0 Å². The second-order valence-corrected chi connectivity index (χ2v) is 3.26. The molecule has 0 fully saturated rings. The number of fused-ring (bicyclic) bond motifs is 1. The van der Waals surface area contributed by atoms with Crippen molar-refractivity contribution >= 4 is 0 Å². The first kappa shape index (κ1) is 8.59. The highest BCUT2D eigenvalue weighted by Gasteiger charge is 2.31. The summed E-state index contributed by atoms with van der Waals surface area (Å²) in [6.07, 6.45) is -0.572. The van der Waals surface area contributed by atoms with Crippen LogP contribution in [0.5, 0.6) is 0 Å². The maximum atomic E-state index is 13.1. The van der Waals surface area contributed by atoms with Gasteiger partial charge in [0.2, 0.25) is 0 Å². The van der Waals surface area contributed by atoms with E-state index in [1.54, 1.807) is 0 Å². The number of rotatable bonds is 0. The highest BCUT2D eigenvalue weighted by Crippen LogP contribution is 2.32. The van der Waals surface area contributed by atoms with Crippen LogP contribution in [0.2, 0.25) is 0 Å². The molecule has 2 nitrogen and oxygen atoms in total. The SMILES string of the molecule is N[C@H]1c2c(F)cc(F)cc2C[C@H]1O. The smallest absolute Gasteiger partial charge is 0.131 e. The van der Waals surface area contributed by atoms with Crippen LogP contribution >= 0.6 is 0 Å². The van der Waals surface area contributed by atoms with Crippen LogP contribution < -0.4 is 5.73 Å². The van der Waals surface area contributed by atoms with Gasteiger partial charge in [-0.05, 0) is 11.6 Å². The molecule has 0 saturated carbocycles. The van der Waals surface area contributed by atoms with Crippen molar-refractivity contribution in [3.63, 3.8) is 0 Å². The molecule has 0 aromatic heterocycles. The summed E-state index contributed by atoms with van der Waals surface area (Å²) in [6, 6.07) is 1.28. The molecule has 1 aromatic rings. The van der Waals surface area contributed by atoms with Gasteiger partial charge >= 0.3 is 0 Å². The second kappa shape index (κ2) is 2.75. The summed E-state index contributed by atoms with van der Waals surface area (Å²) in [5, 5.41) is 9.32. The normalized spacial score (nSPS) is 26.2. The van der Waals surface area contributed by atoms with Crippen molar-refractivity contribution in [1.29, 1.82) is 0 Å². The second-order valence-electron chi connectivity index (χ2n) is 3.26. The van der Waals surface area contributed by atoms with Gasteiger partial charge in [-0.2, -0.15) is 0 Å². The quantitative estimate of drug-likeness (QED) is 0.630. The van der Waals surface area contributed by atoms with E-state index in [-0.39, 0.29) is 12.0 Å². The predicted octanol–water partition coefficient (Wildman–Crippen LogP) is 0.882. The van der Waals surface area contributed by atoms with Gasteiger partial charge in [-0.3, -0.25) is 0 Å². The van der Waals surface area contributed by atoms with Gasteiger partial charge in [0.15, 0.2) is 0 Å².